The summed E-state index contributed by atoms with van der Waals surface area (Å²) in [6.07, 6.45) is 1.82. The van der Waals surface area contributed by atoms with Crippen LogP contribution in [0.25, 0.3) is 11.1 Å². The van der Waals surface area contributed by atoms with Gasteiger partial charge in [-0.05, 0) is 71.3 Å². The Morgan fingerprint density at radius 2 is 1.56 bits per heavy atom. The lowest BCUT2D eigenvalue weighted by Gasteiger charge is -2.27. The molecule has 1 aliphatic rings. The zero-order chi connectivity index (χ0) is 19.0. The number of ether oxygens (including phenoxy) is 1. The summed E-state index contributed by atoms with van der Waals surface area (Å²) < 4.78 is 46.1. The van der Waals surface area contributed by atoms with Crippen molar-refractivity contribution in [1.29, 1.82) is 0 Å². The first-order chi connectivity index (χ1) is 13.0. The van der Waals surface area contributed by atoms with Crippen molar-refractivity contribution in [2.24, 2.45) is 0 Å². The minimum Gasteiger partial charge on any atom is -0.485 e. The van der Waals surface area contributed by atoms with Crippen molar-refractivity contribution in [3.8, 4) is 16.9 Å². The highest BCUT2D eigenvalue weighted by Crippen LogP contribution is 2.37. The van der Waals surface area contributed by atoms with Crippen molar-refractivity contribution in [2.45, 2.75) is 32.3 Å². The molecule has 0 amide bonds. The molecule has 0 fully saturated rings. The molecular weight excluding hydrogens is 349 g/mol. The van der Waals surface area contributed by atoms with Crippen LogP contribution in [0.3, 0.4) is 0 Å². The van der Waals surface area contributed by atoms with E-state index in [1.54, 1.807) is 0 Å². The fraction of sp³-hybridized carbons (Fsp3) is 0.217. The van der Waals surface area contributed by atoms with Crippen LogP contribution in [-0.2, 0) is 12.8 Å². The maximum Gasteiger partial charge on any atom is 0.194 e. The van der Waals surface area contributed by atoms with E-state index in [9.17, 15) is 13.2 Å². The molecule has 1 unspecified atom stereocenters. The minimum atomic E-state index is -1.45. The first-order valence-electron chi connectivity index (χ1n) is 9.08. The Morgan fingerprint density at radius 1 is 0.889 bits per heavy atom. The number of halogens is 3. The van der Waals surface area contributed by atoms with Gasteiger partial charge in [0, 0.05) is 0 Å². The van der Waals surface area contributed by atoms with Gasteiger partial charge in [0.05, 0.1) is 0 Å². The molecule has 0 aliphatic carbocycles. The quantitative estimate of drug-likeness (QED) is 0.486. The zero-order valence-corrected chi connectivity index (χ0v) is 14.9. The summed E-state index contributed by atoms with van der Waals surface area (Å²) >= 11 is 0. The van der Waals surface area contributed by atoms with Gasteiger partial charge in [0.2, 0.25) is 0 Å². The number of hydrogen-bond donors (Lipinski definition) is 0. The van der Waals surface area contributed by atoms with Gasteiger partial charge in [0.1, 0.15) is 11.9 Å². The van der Waals surface area contributed by atoms with E-state index in [0.717, 1.165) is 41.7 Å². The van der Waals surface area contributed by atoms with Gasteiger partial charge in [-0.25, -0.2) is 13.2 Å². The monoisotopic (exact) mass is 368 g/mol. The van der Waals surface area contributed by atoms with E-state index in [1.165, 1.54) is 5.56 Å². The van der Waals surface area contributed by atoms with Gasteiger partial charge in [0.25, 0.3) is 0 Å². The molecule has 0 saturated carbocycles. The van der Waals surface area contributed by atoms with E-state index in [2.05, 4.69) is 37.3 Å². The smallest absolute Gasteiger partial charge is 0.194 e. The molecule has 1 atom stereocenters. The highest BCUT2D eigenvalue weighted by Gasteiger charge is 2.24. The van der Waals surface area contributed by atoms with E-state index in [-0.39, 0.29) is 0 Å². The third kappa shape index (κ3) is 3.44. The molecular formula is C23H19F3O. The molecule has 3 aromatic carbocycles. The number of hydrogen-bond acceptors (Lipinski definition) is 1. The number of fused-ring (bicyclic) bond motifs is 1. The van der Waals surface area contributed by atoms with Crippen LogP contribution in [0.1, 0.15) is 36.1 Å². The summed E-state index contributed by atoms with van der Waals surface area (Å²) in [5.74, 6) is -3.13. The Balaban J connectivity index is 1.59. The lowest BCUT2D eigenvalue weighted by molar-refractivity contribution is 0.175. The molecule has 3 aromatic rings. The molecule has 27 heavy (non-hydrogen) atoms. The second-order valence-electron chi connectivity index (χ2n) is 6.82. The van der Waals surface area contributed by atoms with E-state index < -0.39 is 23.6 Å². The Labute approximate surface area is 156 Å². The van der Waals surface area contributed by atoms with Gasteiger partial charge < -0.3 is 4.74 Å². The zero-order valence-electron chi connectivity index (χ0n) is 14.9. The van der Waals surface area contributed by atoms with Gasteiger partial charge in [-0.2, -0.15) is 0 Å². The van der Waals surface area contributed by atoms with Crippen LogP contribution < -0.4 is 4.74 Å². The summed E-state index contributed by atoms with van der Waals surface area (Å²) in [4.78, 5) is 0. The topological polar surface area (TPSA) is 9.23 Å². The first-order valence-corrected chi connectivity index (χ1v) is 9.08. The van der Waals surface area contributed by atoms with E-state index in [4.69, 9.17) is 4.74 Å². The normalized spacial score (nSPS) is 15.9. The average Bonchev–Trinajstić information content (AvgIpc) is 2.71. The highest BCUT2D eigenvalue weighted by atomic mass is 19.2. The molecule has 0 saturated heterocycles. The molecule has 1 aliphatic heterocycles. The van der Waals surface area contributed by atoms with E-state index in [1.807, 2.05) is 12.1 Å². The SMILES string of the molecule is CCc1ccc(-c2ccc3c(c2)CCC(c2cc(F)c(F)c(F)c2)O3)cc1. The molecule has 138 valence electrons. The summed E-state index contributed by atoms with van der Waals surface area (Å²) in [6, 6.07) is 16.5. The van der Waals surface area contributed by atoms with Gasteiger partial charge in [0.15, 0.2) is 17.5 Å². The molecule has 0 N–H and O–H groups in total. The molecule has 4 rings (SSSR count). The lowest BCUT2D eigenvalue weighted by Crippen LogP contribution is -2.16. The third-order valence-corrected chi connectivity index (χ3v) is 5.08. The predicted molar refractivity (Wildman–Crippen MR) is 99.3 cm³/mol. The number of rotatable bonds is 3. The van der Waals surface area contributed by atoms with Crippen LogP contribution in [0.2, 0.25) is 0 Å². The van der Waals surface area contributed by atoms with Crippen molar-refractivity contribution < 1.29 is 17.9 Å². The molecule has 0 spiro atoms. The van der Waals surface area contributed by atoms with Crippen molar-refractivity contribution >= 4 is 0 Å². The van der Waals surface area contributed by atoms with Gasteiger partial charge in [-0.3, -0.25) is 0 Å². The number of benzene rings is 3. The first kappa shape index (κ1) is 17.7. The summed E-state index contributed by atoms with van der Waals surface area (Å²) in [7, 11) is 0. The number of aryl methyl sites for hydroxylation is 2. The molecule has 4 heteroatoms. The molecule has 0 radical (unpaired) electrons. The van der Waals surface area contributed by atoms with Gasteiger partial charge >= 0.3 is 0 Å². The highest BCUT2D eigenvalue weighted by molar-refractivity contribution is 5.66. The van der Waals surface area contributed by atoms with Crippen LogP contribution in [0.15, 0.2) is 54.6 Å². The van der Waals surface area contributed by atoms with Crippen molar-refractivity contribution in [3.05, 3.63) is 88.7 Å². The Kier molecular flexibility index (Phi) is 4.65. The molecule has 0 bridgehead atoms. The Morgan fingerprint density at radius 3 is 2.22 bits per heavy atom. The van der Waals surface area contributed by atoms with E-state index in [0.29, 0.717) is 17.7 Å². The second kappa shape index (κ2) is 7.10. The standard InChI is InChI=1S/C23H19F3O/c1-2-14-3-5-15(6-4-14)16-7-9-21-17(11-16)8-10-22(27-21)18-12-19(24)23(26)20(25)13-18/h3-7,9,11-13,22H,2,8,10H2,1H3. The van der Waals surface area contributed by atoms with Crippen molar-refractivity contribution in [2.75, 3.05) is 0 Å². The van der Waals surface area contributed by atoms with Crippen molar-refractivity contribution in [3.63, 3.8) is 0 Å². The van der Waals surface area contributed by atoms with Crippen molar-refractivity contribution in [1.82, 2.24) is 0 Å². The largest absolute Gasteiger partial charge is 0.485 e. The fourth-order valence-corrected chi connectivity index (χ4v) is 3.50. The minimum absolute atomic E-state index is 0.316. The molecule has 1 heterocycles. The third-order valence-electron chi connectivity index (χ3n) is 5.08. The Bertz CT molecular complexity index is 956. The van der Waals surface area contributed by atoms with Gasteiger partial charge in [-0.15, -0.1) is 0 Å². The summed E-state index contributed by atoms with van der Waals surface area (Å²) in [5.41, 5.74) is 4.92. The lowest BCUT2D eigenvalue weighted by atomic mass is 9.94. The molecule has 1 nitrogen and oxygen atoms in total. The van der Waals surface area contributed by atoms with Crippen LogP contribution >= 0.6 is 0 Å². The maximum absolute atomic E-state index is 13.5. The van der Waals surface area contributed by atoms with E-state index >= 15 is 0 Å². The van der Waals surface area contributed by atoms with Crippen LogP contribution in [0.5, 0.6) is 5.75 Å². The van der Waals surface area contributed by atoms with Crippen LogP contribution in [-0.4, -0.2) is 0 Å². The maximum atomic E-state index is 13.5. The summed E-state index contributed by atoms with van der Waals surface area (Å²) in [6.45, 7) is 2.13. The average molecular weight is 368 g/mol. The Hall–Kier alpha value is -2.75. The fourth-order valence-electron chi connectivity index (χ4n) is 3.50. The molecule has 0 aromatic heterocycles. The second-order valence-corrected chi connectivity index (χ2v) is 6.82. The predicted octanol–water partition coefficient (Wildman–Crippen LogP) is 6.40. The van der Waals surface area contributed by atoms with Crippen LogP contribution in [0, 0.1) is 17.5 Å². The van der Waals surface area contributed by atoms with Crippen LogP contribution in [0.4, 0.5) is 13.2 Å². The van der Waals surface area contributed by atoms with Gasteiger partial charge in [-0.1, -0.05) is 37.3 Å². The summed E-state index contributed by atoms with van der Waals surface area (Å²) in [5, 5.41) is 0.